The van der Waals surface area contributed by atoms with E-state index in [1.807, 2.05) is 0 Å². The lowest BCUT2D eigenvalue weighted by atomic mass is 10.1. The lowest BCUT2D eigenvalue weighted by molar-refractivity contribution is -0.132. The summed E-state index contributed by atoms with van der Waals surface area (Å²) in [6.07, 6.45) is 1.92. The lowest BCUT2D eigenvalue weighted by Gasteiger charge is -2.10. The summed E-state index contributed by atoms with van der Waals surface area (Å²) in [5, 5.41) is 18.7. The maximum Gasteiger partial charge on any atom is 0.331 e. The van der Waals surface area contributed by atoms with E-state index >= 15 is 0 Å². The van der Waals surface area contributed by atoms with E-state index in [4.69, 9.17) is 14.6 Å². The lowest BCUT2D eigenvalue weighted by Crippen LogP contribution is -1.99. The molecular formula is C13H16O5. The van der Waals surface area contributed by atoms with Crippen LogP contribution in [0.3, 0.4) is 0 Å². The Morgan fingerprint density at radius 3 is 2.11 bits per heavy atom. The Hall–Kier alpha value is -2.17. The molecule has 1 aromatic rings. The predicted molar refractivity (Wildman–Crippen MR) is 67.1 cm³/mol. The van der Waals surface area contributed by atoms with Crippen LogP contribution < -0.4 is 9.47 Å². The highest BCUT2D eigenvalue weighted by atomic mass is 16.5. The maximum absolute atomic E-state index is 10.9. The van der Waals surface area contributed by atoms with E-state index in [1.54, 1.807) is 19.1 Å². The number of aliphatic carboxylic acids is 1. The summed E-state index contributed by atoms with van der Waals surface area (Å²) < 4.78 is 9.99. The number of phenolic OH excluding ortho intramolecular Hbond substituents is 1. The zero-order valence-electron chi connectivity index (χ0n) is 10.6. The maximum atomic E-state index is 10.9. The van der Waals surface area contributed by atoms with Gasteiger partial charge >= 0.3 is 5.97 Å². The molecule has 98 valence electrons. The number of carboxylic acid groups (broad SMARTS) is 1. The van der Waals surface area contributed by atoms with E-state index in [0.29, 0.717) is 12.0 Å². The van der Waals surface area contributed by atoms with Crippen LogP contribution in [0.2, 0.25) is 0 Å². The van der Waals surface area contributed by atoms with Crippen LogP contribution in [0.1, 0.15) is 18.9 Å². The summed E-state index contributed by atoms with van der Waals surface area (Å²) in [5.74, 6) is -0.600. The van der Waals surface area contributed by atoms with Gasteiger partial charge in [0.05, 0.1) is 14.2 Å². The first kappa shape index (κ1) is 13.9. The molecule has 2 N–H and O–H groups in total. The largest absolute Gasteiger partial charge is 0.502 e. The Morgan fingerprint density at radius 2 is 1.78 bits per heavy atom. The van der Waals surface area contributed by atoms with Crippen molar-refractivity contribution in [1.82, 2.24) is 0 Å². The summed E-state index contributed by atoms with van der Waals surface area (Å²) in [5.41, 5.74) is 0.866. The van der Waals surface area contributed by atoms with Crippen LogP contribution in [0, 0.1) is 0 Å². The SMILES string of the molecule is CC/C(=C\c1cc(OC)c(O)c(OC)c1)C(=O)O. The van der Waals surface area contributed by atoms with Crippen molar-refractivity contribution in [3.8, 4) is 17.2 Å². The van der Waals surface area contributed by atoms with Crippen LogP contribution in [-0.4, -0.2) is 30.4 Å². The van der Waals surface area contributed by atoms with Crippen molar-refractivity contribution >= 4 is 12.0 Å². The van der Waals surface area contributed by atoms with Crippen LogP contribution in [0.25, 0.3) is 6.08 Å². The summed E-state index contributed by atoms with van der Waals surface area (Å²) in [7, 11) is 2.83. The van der Waals surface area contributed by atoms with E-state index in [2.05, 4.69) is 0 Å². The van der Waals surface area contributed by atoms with Crippen LogP contribution in [-0.2, 0) is 4.79 Å². The predicted octanol–water partition coefficient (Wildman–Crippen LogP) is 2.29. The van der Waals surface area contributed by atoms with Crippen molar-refractivity contribution in [1.29, 1.82) is 0 Å². The van der Waals surface area contributed by atoms with Crippen LogP contribution in [0.5, 0.6) is 17.2 Å². The quantitative estimate of drug-likeness (QED) is 0.786. The molecule has 1 rings (SSSR count). The molecule has 0 aliphatic rings. The van der Waals surface area contributed by atoms with Gasteiger partial charge in [-0.05, 0) is 30.2 Å². The molecule has 5 heteroatoms. The van der Waals surface area contributed by atoms with Gasteiger partial charge in [0.2, 0.25) is 5.75 Å². The van der Waals surface area contributed by atoms with E-state index in [-0.39, 0.29) is 22.8 Å². The Balaban J connectivity index is 3.29. The zero-order chi connectivity index (χ0) is 13.7. The molecule has 0 saturated heterocycles. The Labute approximate surface area is 105 Å². The smallest absolute Gasteiger partial charge is 0.331 e. The second kappa shape index (κ2) is 5.95. The fourth-order valence-electron chi connectivity index (χ4n) is 1.51. The second-order valence-corrected chi connectivity index (χ2v) is 3.60. The number of aromatic hydroxyl groups is 1. The van der Waals surface area contributed by atoms with Gasteiger partial charge in [-0.25, -0.2) is 4.79 Å². The molecule has 0 aliphatic heterocycles. The van der Waals surface area contributed by atoms with Gasteiger partial charge in [-0.3, -0.25) is 0 Å². The van der Waals surface area contributed by atoms with Crippen molar-refractivity contribution in [2.24, 2.45) is 0 Å². The van der Waals surface area contributed by atoms with Gasteiger partial charge in [0.1, 0.15) is 0 Å². The molecule has 0 spiro atoms. The molecule has 0 aliphatic carbocycles. The Kier molecular flexibility index (Phi) is 4.59. The van der Waals surface area contributed by atoms with Gasteiger partial charge < -0.3 is 19.7 Å². The van der Waals surface area contributed by atoms with Crippen LogP contribution in [0.15, 0.2) is 17.7 Å². The first-order chi connectivity index (χ1) is 8.53. The molecule has 1 aromatic carbocycles. The van der Waals surface area contributed by atoms with Gasteiger partial charge in [-0.1, -0.05) is 6.92 Å². The summed E-state index contributed by atoms with van der Waals surface area (Å²) in [6.45, 7) is 1.76. The fraction of sp³-hybridized carbons (Fsp3) is 0.308. The van der Waals surface area contributed by atoms with Gasteiger partial charge in [-0.2, -0.15) is 0 Å². The number of ether oxygens (including phenoxy) is 2. The van der Waals surface area contributed by atoms with Crippen molar-refractivity contribution in [3.05, 3.63) is 23.3 Å². The first-order valence-corrected chi connectivity index (χ1v) is 5.42. The third-order valence-electron chi connectivity index (χ3n) is 2.50. The fourth-order valence-corrected chi connectivity index (χ4v) is 1.51. The van der Waals surface area contributed by atoms with Crippen molar-refractivity contribution < 1.29 is 24.5 Å². The third-order valence-corrected chi connectivity index (χ3v) is 2.50. The van der Waals surface area contributed by atoms with Crippen molar-refractivity contribution in [2.45, 2.75) is 13.3 Å². The van der Waals surface area contributed by atoms with E-state index in [9.17, 15) is 9.90 Å². The van der Waals surface area contributed by atoms with E-state index in [0.717, 1.165) is 0 Å². The van der Waals surface area contributed by atoms with E-state index < -0.39 is 5.97 Å². The average Bonchev–Trinajstić information content (AvgIpc) is 2.36. The van der Waals surface area contributed by atoms with Gasteiger partial charge in [0.25, 0.3) is 0 Å². The normalized spacial score (nSPS) is 11.2. The first-order valence-electron chi connectivity index (χ1n) is 5.42. The molecule has 0 heterocycles. The average molecular weight is 252 g/mol. The standard InChI is InChI=1S/C13H16O5/c1-4-9(13(15)16)5-8-6-10(17-2)12(14)11(7-8)18-3/h5-7,14H,4H2,1-3H3,(H,15,16)/b9-5+. The van der Waals surface area contributed by atoms with Crippen LogP contribution in [0.4, 0.5) is 0 Å². The summed E-state index contributed by atoms with van der Waals surface area (Å²) >= 11 is 0. The molecule has 18 heavy (non-hydrogen) atoms. The number of carbonyl (C=O) groups is 1. The summed E-state index contributed by atoms with van der Waals surface area (Å²) in [4.78, 5) is 10.9. The van der Waals surface area contributed by atoms with Gasteiger partial charge in [-0.15, -0.1) is 0 Å². The number of hydrogen-bond acceptors (Lipinski definition) is 4. The highest BCUT2D eigenvalue weighted by molar-refractivity contribution is 5.92. The molecule has 0 amide bonds. The molecule has 0 unspecified atom stereocenters. The van der Waals surface area contributed by atoms with E-state index in [1.165, 1.54) is 20.3 Å². The number of hydrogen-bond donors (Lipinski definition) is 2. The molecule has 0 saturated carbocycles. The highest BCUT2D eigenvalue weighted by Crippen LogP contribution is 2.37. The Morgan fingerprint density at radius 1 is 1.28 bits per heavy atom. The van der Waals surface area contributed by atoms with Gasteiger partial charge in [0.15, 0.2) is 11.5 Å². The minimum absolute atomic E-state index is 0.106. The molecule has 0 fully saturated rings. The molecular weight excluding hydrogens is 236 g/mol. The zero-order valence-corrected chi connectivity index (χ0v) is 10.6. The number of carboxylic acids is 1. The minimum Gasteiger partial charge on any atom is -0.502 e. The molecule has 0 atom stereocenters. The summed E-state index contributed by atoms with van der Waals surface area (Å²) in [6, 6.07) is 3.10. The molecule has 0 aromatic heterocycles. The second-order valence-electron chi connectivity index (χ2n) is 3.60. The van der Waals surface area contributed by atoms with Crippen LogP contribution >= 0.6 is 0 Å². The molecule has 0 bridgehead atoms. The number of benzene rings is 1. The van der Waals surface area contributed by atoms with Crippen molar-refractivity contribution in [3.63, 3.8) is 0 Å². The van der Waals surface area contributed by atoms with Gasteiger partial charge in [0, 0.05) is 5.57 Å². The number of phenols is 1. The van der Waals surface area contributed by atoms with Crippen molar-refractivity contribution in [2.75, 3.05) is 14.2 Å². The third kappa shape index (κ3) is 2.94. The topological polar surface area (TPSA) is 76.0 Å². The number of methoxy groups -OCH3 is 2. The number of rotatable bonds is 5. The highest BCUT2D eigenvalue weighted by Gasteiger charge is 2.11. The molecule has 5 nitrogen and oxygen atoms in total. The minimum atomic E-state index is -0.969. The Bertz CT molecular complexity index is 451. The monoisotopic (exact) mass is 252 g/mol. The molecule has 0 radical (unpaired) electrons.